The van der Waals surface area contributed by atoms with E-state index in [4.69, 9.17) is 4.74 Å². The number of nitrogens with zero attached hydrogens (tertiary/aromatic N) is 2. The Kier molecular flexibility index (Phi) is 7.85. The van der Waals surface area contributed by atoms with Crippen molar-refractivity contribution in [2.45, 2.75) is 62.8 Å². The average Bonchev–Trinajstić information content (AvgIpc) is 3.34. The lowest BCUT2D eigenvalue weighted by atomic mass is 9.90. The molecular weight excluding hydrogens is 488 g/mol. The predicted molar refractivity (Wildman–Crippen MR) is 137 cm³/mol. The van der Waals surface area contributed by atoms with Gasteiger partial charge in [0.15, 0.2) is 11.4 Å². The fraction of sp³-hybridized carbons (Fsp3) is 0.560. The minimum Gasteiger partial charge on any atom is -0.493 e. The largest absolute Gasteiger partial charge is 0.493 e. The Labute approximate surface area is 213 Å². The number of rotatable bonds is 9. The molecule has 1 aromatic rings. The molecule has 2 saturated heterocycles. The number of hydrogen-bond acceptors (Lipinski definition) is 8. The van der Waals surface area contributed by atoms with E-state index in [2.05, 4.69) is 18.7 Å². The van der Waals surface area contributed by atoms with Crippen LogP contribution in [0.25, 0.3) is 0 Å². The molecule has 0 aromatic heterocycles. The van der Waals surface area contributed by atoms with Crippen molar-refractivity contribution in [3.8, 4) is 5.75 Å². The van der Waals surface area contributed by atoms with Crippen molar-refractivity contribution < 1.29 is 24.5 Å². The van der Waals surface area contributed by atoms with Gasteiger partial charge in [-0.2, -0.15) is 0 Å². The third-order valence-corrected chi connectivity index (χ3v) is 9.71. The van der Waals surface area contributed by atoms with E-state index in [1.165, 1.54) is 35.5 Å². The number of hydrogen-bond donors (Lipinski definition) is 2. The van der Waals surface area contributed by atoms with Crippen molar-refractivity contribution in [3.05, 3.63) is 49.5 Å². The number of likely N-dealkylation sites (tertiary alicyclic amines) is 1. The summed E-state index contributed by atoms with van der Waals surface area (Å²) in [5.41, 5.74) is 1.64. The molecule has 190 valence electrons. The number of thioether (sulfide) groups is 2. The number of carboxylic acid groups (broad SMARTS) is 1. The van der Waals surface area contributed by atoms with Crippen molar-refractivity contribution in [1.29, 1.82) is 0 Å². The van der Waals surface area contributed by atoms with Crippen molar-refractivity contribution in [1.82, 2.24) is 9.80 Å². The molecule has 0 unspecified atom stereocenters. The van der Waals surface area contributed by atoms with Crippen molar-refractivity contribution in [3.63, 3.8) is 0 Å². The average molecular weight is 521 g/mol. The summed E-state index contributed by atoms with van der Waals surface area (Å²) in [4.78, 5) is 41.1. The highest BCUT2D eigenvalue weighted by atomic mass is 32.2. The Bertz CT molecular complexity index is 1110. The summed E-state index contributed by atoms with van der Waals surface area (Å²) >= 11 is 2.87. The fourth-order valence-corrected chi connectivity index (χ4v) is 8.07. The van der Waals surface area contributed by atoms with Crippen LogP contribution in [-0.2, 0) is 16.1 Å². The molecule has 1 amide bonds. The van der Waals surface area contributed by atoms with E-state index < -0.39 is 18.0 Å². The summed E-state index contributed by atoms with van der Waals surface area (Å²) in [6.07, 6.45) is 0.536. The maximum Gasteiger partial charge on any atom is 0.354 e. The predicted octanol–water partition coefficient (Wildman–Crippen LogP) is 3.04. The second kappa shape index (κ2) is 10.5. The number of aliphatic hydroxyl groups is 1. The molecule has 4 rings (SSSR count). The molecule has 0 spiro atoms. The maximum absolute atomic E-state index is 13.0. The molecule has 10 heteroatoms. The van der Waals surface area contributed by atoms with Crippen LogP contribution in [0.3, 0.4) is 0 Å². The van der Waals surface area contributed by atoms with E-state index in [-0.39, 0.29) is 33.6 Å². The summed E-state index contributed by atoms with van der Waals surface area (Å²) in [5, 5.41) is 19.8. The summed E-state index contributed by atoms with van der Waals surface area (Å²) in [5.74, 6) is -1.37. The second-order valence-electron chi connectivity index (χ2n) is 9.48. The van der Waals surface area contributed by atoms with Crippen molar-refractivity contribution in [2.75, 3.05) is 20.2 Å². The van der Waals surface area contributed by atoms with E-state index in [0.717, 1.165) is 18.5 Å². The van der Waals surface area contributed by atoms with Crippen LogP contribution in [0.5, 0.6) is 5.75 Å². The second-order valence-corrected chi connectivity index (χ2v) is 12.2. The number of ether oxygens (including phenoxy) is 1. The van der Waals surface area contributed by atoms with E-state index in [9.17, 15) is 24.6 Å². The van der Waals surface area contributed by atoms with Crippen molar-refractivity contribution in [2.24, 2.45) is 5.92 Å². The lowest BCUT2D eigenvalue weighted by Crippen LogP contribution is -2.61. The Morgan fingerprint density at radius 1 is 1.31 bits per heavy atom. The van der Waals surface area contributed by atoms with E-state index in [1.807, 2.05) is 25.1 Å². The quantitative estimate of drug-likeness (QED) is 0.475. The molecule has 2 N–H and O–H groups in total. The van der Waals surface area contributed by atoms with Crippen LogP contribution in [0.15, 0.2) is 32.9 Å². The first-order valence-electron chi connectivity index (χ1n) is 11.9. The van der Waals surface area contributed by atoms with E-state index >= 15 is 0 Å². The topological polar surface area (TPSA) is 107 Å². The molecule has 3 aliphatic rings. The molecular formula is C25H32N2O6S2. The summed E-state index contributed by atoms with van der Waals surface area (Å²) in [7, 11) is 1.51. The first-order valence-corrected chi connectivity index (χ1v) is 13.7. The molecule has 3 heterocycles. The van der Waals surface area contributed by atoms with Gasteiger partial charge in [0.1, 0.15) is 5.37 Å². The smallest absolute Gasteiger partial charge is 0.354 e. The molecule has 0 bridgehead atoms. The zero-order valence-corrected chi connectivity index (χ0v) is 22.0. The minimum absolute atomic E-state index is 0.0379. The number of methoxy groups -OCH3 is 1. The molecule has 0 aliphatic carbocycles. The molecule has 35 heavy (non-hydrogen) atoms. The minimum atomic E-state index is -1.11. The first kappa shape index (κ1) is 26.1. The molecule has 1 aromatic carbocycles. The Morgan fingerprint density at radius 3 is 2.69 bits per heavy atom. The highest BCUT2D eigenvalue weighted by molar-refractivity contribution is 8.23. The van der Waals surface area contributed by atoms with Gasteiger partial charge in [-0.1, -0.05) is 44.7 Å². The van der Waals surface area contributed by atoms with Crippen molar-refractivity contribution >= 4 is 35.4 Å². The Balaban J connectivity index is 1.46. The van der Waals surface area contributed by atoms with Crippen LogP contribution in [0.1, 0.15) is 50.7 Å². The highest BCUT2D eigenvalue weighted by Gasteiger charge is 2.58. The summed E-state index contributed by atoms with van der Waals surface area (Å²) in [6.45, 7) is 7.95. The zero-order chi connectivity index (χ0) is 25.4. The van der Waals surface area contributed by atoms with Gasteiger partial charge in [0.25, 0.3) is 0 Å². The SMILES string of the molecule is CC[C@H](O)[C@@H]1C(=O)N2C(C(=O)O)=C(S[C@H]3CCN(Cc4ccc(C(C)C)cc(OC)c4=O)C3)S[C@H]12. The third-order valence-electron chi connectivity index (χ3n) is 6.86. The summed E-state index contributed by atoms with van der Waals surface area (Å²) in [6, 6.07) is 5.67. The lowest BCUT2D eigenvalue weighted by Gasteiger charge is -2.44. The molecule has 0 saturated carbocycles. The van der Waals surface area contributed by atoms with Crippen LogP contribution >= 0.6 is 23.5 Å². The van der Waals surface area contributed by atoms with Gasteiger partial charge in [0.2, 0.25) is 11.3 Å². The fourth-order valence-electron chi connectivity index (χ4n) is 4.76. The van der Waals surface area contributed by atoms with Gasteiger partial charge in [0, 0.05) is 23.9 Å². The molecule has 3 aliphatic heterocycles. The number of aliphatic carboxylic acids is 1. The number of carboxylic acids is 1. The molecule has 4 atom stereocenters. The van der Waals surface area contributed by atoms with Crippen LogP contribution in [0, 0.1) is 5.92 Å². The van der Waals surface area contributed by atoms with E-state index in [0.29, 0.717) is 35.1 Å². The third kappa shape index (κ3) is 4.98. The van der Waals surface area contributed by atoms with Crippen LogP contribution in [0.4, 0.5) is 0 Å². The number of amides is 1. The normalized spacial score (nSPS) is 25.1. The van der Waals surface area contributed by atoms with E-state index in [1.54, 1.807) is 0 Å². The standard InChI is InChI=1S/C25H32N2O6S2/c1-5-17(28)19-22(30)27-20(24(31)32)25(35-23(19)27)34-16-8-9-26(12-16)11-15-7-6-14(13(2)3)10-18(33-4)21(15)29/h6-7,10,13,16-17,19,23,28H,5,8-9,11-12H2,1-4H3,(H,31,32)/t16-,17-,19+,23+/m0/s1. The number of aliphatic hydroxyl groups excluding tert-OH is 1. The van der Waals surface area contributed by atoms with Crippen LogP contribution < -0.4 is 10.2 Å². The monoisotopic (exact) mass is 520 g/mol. The number of β-lactam (4-membered cyclic amide) rings is 1. The zero-order valence-electron chi connectivity index (χ0n) is 20.4. The van der Waals surface area contributed by atoms with Crippen LogP contribution in [-0.4, -0.2) is 68.8 Å². The first-order chi connectivity index (χ1) is 16.7. The number of carbonyl (C=O) groups excluding carboxylic acids is 1. The maximum atomic E-state index is 13.0. The number of carbonyl (C=O) groups is 2. The highest BCUT2D eigenvalue weighted by Crippen LogP contribution is 2.55. The number of fused-ring (bicyclic) bond motifs is 1. The molecule has 0 radical (unpaired) electrons. The van der Waals surface area contributed by atoms with Gasteiger partial charge >= 0.3 is 5.97 Å². The Hall–Kier alpha value is -2.01. The van der Waals surface area contributed by atoms with Gasteiger partial charge in [-0.05, 0) is 36.9 Å². The van der Waals surface area contributed by atoms with Gasteiger partial charge in [-0.3, -0.25) is 19.4 Å². The van der Waals surface area contributed by atoms with Gasteiger partial charge in [0.05, 0.1) is 23.4 Å². The van der Waals surface area contributed by atoms with Gasteiger partial charge in [-0.25, -0.2) is 4.79 Å². The summed E-state index contributed by atoms with van der Waals surface area (Å²) < 4.78 is 6.00. The van der Waals surface area contributed by atoms with Crippen LogP contribution in [0.2, 0.25) is 0 Å². The molecule has 8 nitrogen and oxygen atoms in total. The van der Waals surface area contributed by atoms with Gasteiger partial charge in [-0.15, -0.1) is 11.8 Å². The Morgan fingerprint density at radius 2 is 2.06 bits per heavy atom. The van der Waals surface area contributed by atoms with Gasteiger partial charge < -0.3 is 14.9 Å². The molecule has 2 fully saturated rings. The lowest BCUT2D eigenvalue weighted by molar-refractivity contribution is -0.157.